The fourth-order valence-corrected chi connectivity index (χ4v) is 1.84. The average molecular weight is 204 g/mol. The van der Waals surface area contributed by atoms with Crippen molar-refractivity contribution in [2.75, 3.05) is 0 Å². The SMILES string of the molecule is Cc1cc2cc(CC(C)(C)O)ccc2o1. The van der Waals surface area contributed by atoms with E-state index in [1.165, 1.54) is 0 Å². The Morgan fingerprint density at radius 3 is 2.67 bits per heavy atom. The molecule has 0 aliphatic heterocycles. The number of fused-ring (bicyclic) bond motifs is 1. The van der Waals surface area contributed by atoms with Gasteiger partial charge in [0.25, 0.3) is 0 Å². The quantitative estimate of drug-likeness (QED) is 0.815. The summed E-state index contributed by atoms with van der Waals surface area (Å²) in [6, 6.07) is 8.06. The maximum Gasteiger partial charge on any atom is 0.134 e. The minimum absolute atomic E-state index is 0.660. The van der Waals surface area contributed by atoms with E-state index in [9.17, 15) is 5.11 Å². The van der Waals surface area contributed by atoms with Crippen molar-refractivity contribution in [2.45, 2.75) is 32.8 Å². The highest BCUT2D eigenvalue weighted by molar-refractivity contribution is 5.78. The molecular weight excluding hydrogens is 188 g/mol. The van der Waals surface area contributed by atoms with Gasteiger partial charge in [-0.25, -0.2) is 0 Å². The Balaban J connectivity index is 2.38. The normalized spacial score (nSPS) is 12.3. The van der Waals surface area contributed by atoms with Crippen LogP contribution in [0.2, 0.25) is 0 Å². The fraction of sp³-hybridized carbons (Fsp3) is 0.385. The number of benzene rings is 1. The summed E-state index contributed by atoms with van der Waals surface area (Å²) in [6.45, 7) is 5.57. The number of hydrogen-bond acceptors (Lipinski definition) is 2. The molecule has 0 bridgehead atoms. The summed E-state index contributed by atoms with van der Waals surface area (Å²) in [6.07, 6.45) is 0.660. The number of aliphatic hydroxyl groups is 1. The van der Waals surface area contributed by atoms with Gasteiger partial charge in [-0.1, -0.05) is 6.07 Å². The van der Waals surface area contributed by atoms with Gasteiger partial charge in [0, 0.05) is 11.8 Å². The van der Waals surface area contributed by atoms with Crippen LogP contribution in [0.25, 0.3) is 11.0 Å². The number of aryl methyl sites for hydroxylation is 1. The first kappa shape index (κ1) is 10.2. The zero-order valence-corrected chi connectivity index (χ0v) is 9.37. The highest BCUT2D eigenvalue weighted by Gasteiger charge is 2.13. The van der Waals surface area contributed by atoms with Gasteiger partial charge in [0.1, 0.15) is 11.3 Å². The van der Waals surface area contributed by atoms with Crippen molar-refractivity contribution in [3.63, 3.8) is 0 Å². The molecule has 2 nitrogen and oxygen atoms in total. The maximum absolute atomic E-state index is 9.72. The third-order valence-electron chi connectivity index (χ3n) is 2.34. The van der Waals surface area contributed by atoms with E-state index in [-0.39, 0.29) is 0 Å². The predicted molar refractivity (Wildman–Crippen MR) is 61.0 cm³/mol. The van der Waals surface area contributed by atoms with Gasteiger partial charge in [-0.15, -0.1) is 0 Å². The van der Waals surface area contributed by atoms with Crippen LogP contribution in [0.4, 0.5) is 0 Å². The van der Waals surface area contributed by atoms with Crippen LogP contribution in [-0.2, 0) is 6.42 Å². The molecule has 0 saturated heterocycles. The predicted octanol–water partition coefficient (Wildman–Crippen LogP) is 3.05. The highest BCUT2D eigenvalue weighted by atomic mass is 16.3. The van der Waals surface area contributed by atoms with Crippen LogP contribution in [0.15, 0.2) is 28.7 Å². The number of furan rings is 1. The molecule has 0 aliphatic rings. The summed E-state index contributed by atoms with van der Waals surface area (Å²) < 4.78 is 5.49. The van der Waals surface area contributed by atoms with Crippen LogP contribution in [0, 0.1) is 6.92 Å². The number of rotatable bonds is 2. The van der Waals surface area contributed by atoms with Gasteiger partial charge >= 0.3 is 0 Å². The smallest absolute Gasteiger partial charge is 0.134 e. The third-order valence-corrected chi connectivity index (χ3v) is 2.34. The summed E-state index contributed by atoms with van der Waals surface area (Å²) >= 11 is 0. The topological polar surface area (TPSA) is 33.4 Å². The van der Waals surface area contributed by atoms with Crippen molar-refractivity contribution in [3.8, 4) is 0 Å². The summed E-state index contributed by atoms with van der Waals surface area (Å²) in [7, 11) is 0. The maximum atomic E-state index is 9.72. The molecule has 1 aromatic heterocycles. The minimum atomic E-state index is -0.660. The van der Waals surface area contributed by atoms with E-state index in [0.717, 1.165) is 22.3 Å². The van der Waals surface area contributed by atoms with E-state index in [0.29, 0.717) is 6.42 Å². The Kier molecular flexibility index (Phi) is 2.31. The molecule has 1 heterocycles. The molecule has 0 amide bonds. The first-order valence-corrected chi connectivity index (χ1v) is 5.15. The number of hydrogen-bond donors (Lipinski definition) is 1. The van der Waals surface area contributed by atoms with Gasteiger partial charge < -0.3 is 9.52 Å². The molecule has 2 aromatic rings. The van der Waals surface area contributed by atoms with E-state index < -0.39 is 5.60 Å². The molecule has 0 saturated carbocycles. The van der Waals surface area contributed by atoms with E-state index in [1.807, 2.05) is 39.0 Å². The molecule has 15 heavy (non-hydrogen) atoms. The average Bonchev–Trinajstić information content (AvgIpc) is 2.40. The lowest BCUT2D eigenvalue weighted by Gasteiger charge is -2.16. The van der Waals surface area contributed by atoms with Crippen molar-refractivity contribution in [3.05, 3.63) is 35.6 Å². The molecule has 80 valence electrons. The molecule has 0 atom stereocenters. The van der Waals surface area contributed by atoms with E-state index in [2.05, 4.69) is 6.07 Å². The van der Waals surface area contributed by atoms with Crippen LogP contribution in [-0.4, -0.2) is 10.7 Å². The van der Waals surface area contributed by atoms with Crippen LogP contribution < -0.4 is 0 Å². The lowest BCUT2D eigenvalue weighted by atomic mass is 9.98. The molecular formula is C13H16O2. The van der Waals surface area contributed by atoms with E-state index in [1.54, 1.807) is 0 Å². The Labute approximate surface area is 89.5 Å². The van der Waals surface area contributed by atoms with E-state index in [4.69, 9.17) is 4.42 Å². The lowest BCUT2D eigenvalue weighted by Crippen LogP contribution is -2.21. The minimum Gasteiger partial charge on any atom is -0.461 e. The van der Waals surface area contributed by atoms with Crippen molar-refractivity contribution >= 4 is 11.0 Å². The van der Waals surface area contributed by atoms with Gasteiger partial charge in [-0.3, -0.25) is 0 Å². The van der Waals surface area contributed by atoms with Crippen LogP contribution in [0.5, 0.6) is 0 Å². The highest BCUT2D eigenvalue weighted by Crippen LogP contribution is 2.22. The lowest BCUT2D eigenvalue weighted by molar-refractivity contribution is 0.0810. The third kappa shape index (κ3) is 2.39. The molecule has 2 rings (SSSR count). The van der Waals surface area contributed by atoms with E-state index >= 15 is 0 Å². The Bertz CT molecular complexity index is 475. The van der Waals surface area contributed by atoms with Gasteiger partial charge in [-0.2, -0.15) is 0 Å². The largest absolute Gasteiger partial charge is 0.461 e. The second-order valence-corrected chi connectivity index (χ2v) is 4.72. The molecule has 0 radical (unpaired) electrons. The Morgan fingerprint density at radius 2 is 2.00 bits per heavy atom. The van der Waals surface area contributed by atoms with Crippen LogP contribution in [0.3, 0.4) is 0 Å². The summed E-state index contributed by atoms with van der Waals surface area (Å²) in [5, 5.41) is 10.8. The molecule has 0 spiro atoms. The van der Waals surface area contributed by atoms with Crippen LogP contribution >= 0.6 is 0 Å². The molecule has 0 unspecified atom stereocenters. The van der Waals surface area contributed by atoms with Crippen LogP contribution in [0.1, 0.15) is 25.2 Å². The van der Waals surface area contributed by atoms with Gasteiger partial charge in [0.2, 0.25) is 0 Å². The molecule has 1 N–H and O–H groups in total. The van der Waals surface area contributed by atoms with Gasteiger partial charge in [0.15, 0.2) is 0 Å². The molecule has 2 heteroatoms. The second kappa shape index (κ2) is 3.38. The van der Waals surface area contributed by atoms with Crippen molar-refractivity contribution in [1.29, 1.82) is 0 Å². The Hall–Kier alpha value is -1.28. The summed E-state index contributed by atoms with van der Waals surface area (Å²) in [5.74, 6) is 0.922. The van der Waals surface area contributed by atoms with Crippen molar-refractivity contribution in [1.82, 2.24) is 0 Å². The fourth-order valence-electron chi connectivity index (χ4n) is 1.84. The molecule has 0 fully saturated rings. The van der Waals surface area contributed by atoms with Crippen molar-refractivity contribution in [2.24, 2.45) is 0 Å². The molecule has 1 aromatic carbocycles. The van der Waals surface area contributed by atoms with Gasteiger partial charge in [-0.05, 0) is 44.5 Å². The first-order valence-electron chi connectivity index (χ1n) is 5.15. The summed E-state index contributed by atoms with van der Waals surface area (Å²) in [4.78, 5) is 0. The zero-order valence-electron chi connectivity index (χ0n) is 9.37. The Morgan fingerprint density at radius 1 is 1.27 bits per heavy atom. The second-order valence-electron chi connectivity index (χ2n) is 4.72. The van der Waals surface area contributed by atoms with Gasteiger partial charge in [0.05, 0.1) is 5.60 Å². The molecule has 0 aliphatic carbocycles. The first-order chi connectivity index (χ1) is 6.94. The monoisotopic (exact) mass is 204 g/mol. The zero-order chi connectivity index (χ0) is 11.1. The summed E-state index contributed by atoms with van der Waals surface area (Å²) in [5.41, 5.74) is 1.38. The standard InChI is InChI=1S/C13H16O2/c1-9-6-11-7-10(8-13(2,3)14)4-5-12(11)15-9/h4-7,14H,8H2,1-3H3. The van der Waals surface area contributed by atoms with Crippen molar-refractivity contribution < 1.29 is 9.52 Å².